The molecule has 2 aromatic heterocycles. The van der Waals surface area contributed by atoms with Gasteiger partial charge in [-0.05, 0) is 104 Å². The molecule has 8 N–H and O–H groups in total. The van der Waals surface area contributed by atoms with Crippen LogP contribution in [0.3, 0.4) is 0 Å². The van der Waals surface area contributed by atoms with E-state index in [0.717, 1.165) is 86.9 Å². The van der Waals surface area contributed by atoms with Gasteiger partial charge in [-0.2, -0.15) is 0 Å². The van der Waals surface area contributed by atoms with E-state index in [-0.39, 0.29) is 64.5 Å². The third-order valence-corrected chi connectivity index (χ3v) is 19.1. The number of carbonyl (C=O) groups excluding carboxylic acids is 9. The molecule has 2 aliphatic heterocycles. The zero-order valence-corrected chi connectivity index (χ0v) is 51.8. The molecule has 4 aromatic rings. The highest BCUT2D eigenvalue weighted by Crippen LogP contribution is 2.37. The highest BCUT2D eigenvalue weighted by atomic mass is 32.1. The Labute approximate surface area is 511 Å². The van der Waals surface area contributed by atoms with Crippen molar-refractivity contribution in [2.45, 2.75) is 160 Å². The summed E-state index contributed by atoms with van der Waals surface area (Å²) in [7, 11) is 3.39. The lowest BCUT2D eigenvalue weighted by Gasteiger charge is -2.35. The predicted octanol–water partition coefficient (Wildman–Crippen LogP) is 5.93. The second-order valence-electron chi connectivity index (χ2n) is 23.0. The van der Waals surface area contributed by atoms with E-state index in [4.69, 9.17) is 9.97 Å². The average molecular weight is 1220 g/mol. The number of carbonyl (C=O) groups is 9. The zero-order chi connectivity index (χ0) is 61.3. The van der Waals surface area contributed by atoms with Crippen LogP contribution in [0.15, 0.2) is 60.7 Å². The number of hydrogen-bond donors (Lipinski definition) is 8. The van der Waals surface area contributed by atoms with Crippen molar-refractivity contribution in [1.29, 1.82) is 0 Å². The maximum absolute atomic E-state index is 14.4. The fraction of sp³-hybridized carbons (Fsp3) is 0.565. The minimum atomic E-state index is -0.785. The Bertz CT molecular complexity index is 2810. The highest BCUT2D eigenvalue weighted by Gasteiger charge is 2.43. The van der Waals surface area contributed by atoms with Crippen LogP contribution in [-0.2, 0) is 33.6 Å². The quantitative estimate of drug-likeness (QED) is 0.0339. The maximum atomic E-state index is 14.4. The summed E-state index contributed by atoms with van der Waals surface area (Å²) in [4.78, 5) is 138. The van der Waals surface area contributed by atoms with Crippen molar-refractivity contribution in [1.82, 2.24) is 56.6 Å². The molecule has 2 aromatic carbocycles. The molecular weight excluding hydrogens is 1130 g/mol. The number of hydrogen-bond acceptors (Lipinski definition) is 15. The van der Waals surface area contributed by atoms with Gasteiger partial charge in [-0.25, -0.2) is 9.97 Å². The van der Waals surface area contributed by atoms with Crippen molar-refractivity contribution in [3.05, 3.63) is 70.7 Å². The fourth-order valence-corrected chi connectivity index (χ4v) is 13.8. The summed E-state index contributed by atoms with van der Waals surface area (Å²) in [5.41, 5.74) is 2.20. The van der Waals surface area contributed by atoms with Crippen LogP contribution in [0.4, 0.5) is 10.0 Å². The van der Waals surface area contributed by atoms with Crippen LogP contribution in [0, 0.1) is 11.8 Å². The van der Waals surface area contributed by atoms with Crippen molar-refractivity contribution < 1.29 is 43.2 Å². The van der Waals surface area contributed by atoms with E-state index >= 15 is 0 Å². The molecule has 24 heteroatoms. The number of nitrogens with one attached hydrogen (secondary N) is 8. The second kappa shape index (κ2) is 31.5. The topological polar surface area (TPSA) is 285 Å². The first-order valence-electron chi connectivity index (χ1n) is 30.7. The molecule has 0 bridgehead atoms. The summed E-state index contributed by atoms with van der Waals surface area (Å²) in [5.74, 6) is -3.00. The van der Waals surface area contributed by atoms with Crippen molar-refractivity contribution in [3.63, 3.8) is 0 Å². The Hall–Kier alpha value is -7.15. The van der Waals surface area contributed by atoms with Gasteiger partial charge in [-0.1, -0.05) is 122 Å². The first kappa shape index (κ1) is 64.8. The van der Waals surface area contributed by atoms with Crippen LogP contribution in [0.5, 0.6) is 0 Å². The molecule has 4 fully saturated rings. The molecule has 2 aliphatic carbocycles. The van der Waals surface area contributed by atoms with Crippen LogP contribution in [0.2, 0.25) is 0 Å². The second-order valence-corrected chi connectivity index (χ2v) is 25.0. The molecule has 4 heterocycles. The molecular formula is C62H85N13O9S2. The minimum absolute atomic E-state index is 0.0318. The van der Waals surface area contributed by atoms with Gasteiger partial charge < -0.3 is 57.2 Å². The van der Waals surface area contributed by atoms with E-state index in [9.17, 15) is 43.2 Å². The molecule has 22 nitrogen and oxygen atoms in total. The Morgan fingerprint density at radius 3 is 1.29 bits per heavy atom. The Balaban J connectivity index is 0.842. The van der Waals surface area contributed by atoms with Crippen LogP contribution in [0.1, 0.15) is 143 Å². The Morgan fingerprint density at radius 1 is 0.547 bits per heavy atom. The molecule has 6 atom stereocenters. The summed E-state index contributed by atoms with van der Waals surface area (Å²) in [6, 6.07) is 14.3. The molecule has 2 saturated carbocycles. The molecule has 464 valence electrons. The lowest BCUT2D eigenvalue weighted by Crippen LogP contribution is -2.57. The number of aromatic nitrogens is 2. The smallest absolute Gasteiger partial charge is 0.280 e. The van der Waals surface area contributed by atoms with E-state index in [2.05, 4.69) is 42.5 Å². The van der Waals surface area contributed by atoms with Gasteiger partial charge >= 0.3 is 0 Å². The number of anilines is 2. The zero-order valence-electron chi connectivity index (χ0n) is 50.2. The molecule has 0 unspecified atom stereocenters. The number of benzene rings is 2. The Kier molecular flexibility index (Phi) is 23.7. The molecule has 0 spiro atoms. The number of thiazole rings is 2. The number of amides is 9. The van der Waals surface area contributed by atoms with Gasteiger partial charge in [0.25, 0.3) is 11.8 Å². The Morgan fingerprint density at radius 2 is 0.930 bits per heavy atom. The van der Waals surface area contributed by atoms with E-state index < -0.39 is 59.9 Å². The highest BCUT2D eigenvalue weighted by molar-refractivity contribution is 7.18. The summed E-state index contributed by atoms with van der Waals surface area (Å²) in [6.45, 7) is 6.76. The lowest BCUT2D eigenvalue weighted by atomic mass is 9.83. The summed E-state index contributed by atoms with van der Waals surface area (Å²) in [5, 5.41) is 24.8. The SMILES string of the molecule is CN[C@@H](C)C(=O)N[C@H](C(=O)N1CCC[C@H]1C(=O)Nc1sc(C(=O)NCCCN(CCCNC(=O)c2nc(-c3ccccc3)c(NC(=O)[C@@H]3CCCN3C(=O)[C@@H](NC(=O)[C@H](C)NC)C3CCCCC3)s2)C(C)=O)nc1-c1ccccc1)C1CCCCC1. The summed E-state index contributed by atoms with van der Waals surface area (Å²) in [6.07, 6.45) is 12.2. The first-order chi connectivity index (χ1) is 41.6. The normalized spacial score (nSPS) is 18.7. The summed E-state index contributed by atoms with van der Waals surface area (Å²) >= 11 is 2.07. The van der Waals surface area contributed by atoms with Crippen LogP contribution in [-0.4, -0.2) is 167 Å². The van der Waals surface area contributed by atoms with Crippen LogP contribution < -0.4 is 42.5 Å². The van der Waals surface area contributed by atoms with Crippen LogP contribution >= 0.6 is 22.7 Å². The molecule has 4 aliphatic rings. The van der Waals surface area contributed by atoms with Crippen molar-refractivity contribution >= 4 is 85.8 Å². The van der Waals surface area contributed by atoms with E-state index in [0.29, 0.717) is 97.2 Å². The third kappa shape index (κ3) is 16.7. The van der Waals surface area contributed by atoms with Gasteiger partial charge in [0.05, 0.1) is 12.1 Å². The molecule has 86 heavy (non-hydrogen) atoms. The van der Waals surface area contributed by atoms with Crippen molar-refractivity contribution in [2.75, 3.05) is 64.0 Å². The third-order valence-electron chi connectivity index (χ3n) is 17.1. The maximum Gasteiger partial charge on any atom is 0.280 e. The van der Waals surface area contributed by atoms with Crippen molar-refractivity contribution in [2.24, 2.45) is 11.8 Å². The van der Waals surface area contributed by atoms with Gasteiger partial charge in [0, 0.05) is 57.3 Å². The molecule has 0 radical (unpaired) electrons. The summed E-state index contributed by atoms with van der Waals surface area (Å²) < 4.78 is 0. The van der Waals surface area contributed by atoms with Gasteiger partial charge in [0.15, 0.2) is 10.0 Å². The van der Waals surface area contributed by atoms with E-state index in [1.165, 1.54) is 6.92 Å². The number of nitrogens with zero attached hydrogens (tertiary/aromatic N) is 5. The monoisotopic (exact) mass is 1220 g/mol. The number of likely N-dealkylation sites (N-methyl/N-ethyl adjacent to an activating group) is 2. The first-order valence-corrected chi connectivity index (χ1v) is 32.3. The van der Waals surface area contributed by atoms with Gasteiger partial charge in [0.2, 0.25) is 41.4 Å². The van der Waals surface area contributed by atoms with E-state index in [1.54, 1.807) is 42.6 Å². The predicted molar refractivity (Wildman–Crippen MR) is 332 cm³/mol. The van der Waals surface area contributed by atoms with Gasteiger partial charge in [-0.3, -0.25) is 43.2 Å². The number of likely N-dealkylation sites (tertiary alicyclic amines) is 2. The van der Waals surface area contributed by atoms with Crippen LogP contribution in [0.25, 0.3) is 22.5 Å². The number of rotatable bonds is 26. The molecule has 2 saturated heterocycles. The molecule has 8 rings (SSSR count). The molecule has 9 amide bonds. The van der Waals surface area contributed by atoms with Gasteiger partial charge in [0.1, 0.15) is 45.6 Å². The van der Waals surface area contributed by atoms with Gasteiger partial charge in [-0.15, -0.1) is 0 Å². The largest absolute Gasteiger partial charge is 0.350 e. The van der Waals surface area contributed by atoms with Crippen molar-refractivity contribution in [3.8, 4) is 22.5 Å². The average Bonchev–Trinajstić information content (AvgIpc) is 2.46. The minimum Gasteiger partial charge on any atom is -0.350 e. The standard InChI is InChI=1S/C62H85N13O9S2/c1-38(63-4)51(77)67-49(43-26-14-8-15-27-43)61(83)74-36-18-30-45(74)53(79)71-57-47(41-22-10-6-11-23-41)69-59(85-57)55(81)65-32-20-34-73(40(3)76)35-21-33-66-56(82)60-70-48(42-24-12-7-13-25-42)58(86-60)72-54(80)46-31-19-37-75(46)62(84)50(44-28-16-9-17-29-44)68-52(78)39(2)64-5/h6-7,10-13,22-25,38-39,43-46,49-50,63-64H,8-9,14-21,26-37H2,1-5H3,(H,65,81)(H,66,82)(H,67,77)(H,68,78)(H,71,79)(H,72,80)/t38-,39-,45-,46-,49-,50-/m0/s1. The lowest BCUT2D eigenvalue weighted by molar-refractivity contribution is -0.142. The van der Waals surface area contributed by atoms with E-state index in [1.807, 2.05) is 60.7 Å². The fourth-order valence-electron chi connectivity index (χ4n) is 12.0.